The van der Waals surface area contributed by atoms with Gasteiger partial charge in [-0.1, -0.05) is 0 Å². The first kappa shape index (κ1) is 13.8. The van der Waals surface area contributed by atoms with Gasteiger partial charge in [-0.05, 0) is 31.0 Å². The topological polar surface area (TPSA) is 85.3 Å². The lowest BCUT2D eigenvalue weighted by Crippen LogP contribution is -2.08. The Hall–Kier alpha value is -2.22. The van der Waals surface area contributed by atoms with Crippen LogP contribution < -0.4 is 10.5 Å². The number of esters is 1. The molecule has 2 N–H and O–H groups in total. The number of hydrogen-bond donors (Lipinski definition) is 1. The fourth-order valence-corrected chi connectivity index (χ4v) is 1.43. The van der Waals surface area contributed by atoms with Crippen LogP contribution in [0.5, 0.6) is 5.75 Å². The fourth-order valence-electron chi connectivity index (χ4n) is 1.43. The Morgan fingerprint density at radius 3 is 2.89 bits per heavy atom. The molecule has 0 aliphatic heterocycles. The molecular formula is C13H16N2O3. The largest absolute Gasteiger partial charge is 0.496 e. The summed E-state index contributed by atoms with van der Waals surface area (Å²) in [5, 5.41) is 8.36. The van der Waals surface area contributed by atoms with E-state index in [9.17, 15) is 4.79 Å². The predicted molar refractivity (Wildman–Crippen MR) is 67.2 cm³/mol. The number of anilines is 1. The van der Waals surface area contributed by atoms with Gasteiger partial charge in [0.2, 0.25) is 0 Å². The zero-order chi connectivity index (χ0) is 13.4. The minimum Gasteiger partial charge on any atom is -0.496 e. The van der Waals surface area contributed by atoms with Gasteiger partial charge in [-0.25, -0.2) is 4.79 Å². The van der Waals surface area contributed by atoms with Crippen LogP contribution in [0.1, 0.15) is 29.6 Å². The van der Waals surface area contributed by atoms with E-state index in [0.29, 0.717) is 36.4 Å². The number of hydrogen-bond acceptors (Lipinski definition) is 5. The van der Waals surface area contributed by atoms with Gasteiger partial charge in [0.25, 0.3) is 0 Å². The van der Waals surface area contributed by atoms with Crippen LogP contribution in [0.4, 0.5) is 5.69 Å². The molecule has 0 saturated carbocycles. The zero-order valence-corrected chi connectivity index (χ0v) is 10.3. The fraction of sp³-hybridized carbons (Fsp3) is 0.385. The van der Waals surface area contributed by atoms with Crippen LogP contribution >= 0.6 is 0 Å². The molecule has 5 heteroatoms. The first-order chi connectivity index (χ1) is 8.69. The third-order valence-electron chi connectivity index (χ3n) is 2.36. The number of carbonyl (C=O) groups is 1. The Kier molecular flexibility index (Phi) is 5.52. The summed E-state index contributed by atoms with van der Waals surface area (Å²) in [5.41, 5.74) is 6.41. The van der Waals surface area contributed by atoms with Gasteiger partial charge in [0, 0.05) is 12.1 Å². The molecule has 0 saturated heterocycles. The zero-order valence-electron chi connectivity index (χ0n) is 10.3. The van der Waals surface area contributed by atoms with Crippen LogP contribution in [0.3, 0.4) is 0 Å². The number of benzene rings is 1. The molecule has 1 rings (SSSR count). The van der Waals surface area contributed by atoms with Crippen LogP contribution in [0.2, 0.25) is 0 Å². The Bertz CT molecular complexity index is 452. The summed E-state index contributed by atoms with van der Waals surface area (Å²) in [6.45, 7) is 0.290. The van der Waals surface area contributed by atoms with Crippen molar-refractivity contribution in [2.75, 3.05) is 19.5 Å². The van der Waals surface area contributed by atoms with Crippen LogP contribution in [0.15, 0.2) is 18.2 Å². The molecule has 5 nitrogen and oxygen atoms in total. The number of ether oxygens (including phenoxy) is 2. The number of unbranched alkanes of at least 4 members (excludes halogenated alkanes) is 2. The van der Waals surface area contributed by atoms with Crippen LogP contribution in [0, 0.1) is 11.3 Å². The summed E-state index contributed by atoms with van der Waals surface area (Å²) in [6.07, 6.45) is 1.86. The van der Waals surface area contributed by atoms with Crippen LogP contribution in [-0.4, -0.2) is 19.7 Å². The molecule has 0 aromatic heterocycles. The summed E-state index contributed by atoms with van der Waals surface area (Å²) < 4.78 is 10.2. The molecule has 0 fully saturated rings. The van der Waals surface area contributed by atoms with E-state index in [1.54, 1.807) is 12.1 Å². The highest BCUT2D eigenvalue weighted by atomic mass is 16.5. The predicted octanol–water partition coefficient (Wildman–Crippen LogP) is 2.13. The van der Waals surface area contributed by atoms with Gasteiger partial charge in [0.1, 0.15) is 11.3 Å². The van der Waals surface area contributed by atoms with Crippen molar-refractivity contribution in [2.45, 2.75) is 19.3 Å². The van der Waals surface area contributed by atoms with E-state index >= 15 is 0 Å². The number of nitriles is 1. The van der Waals surface area contributed by atoms with Crippen molar-refractivity contribution in [3.63, 3.8) is 0 Å². The van der Waals surface area contributed by atoms with Crippen molar-refractivity contribution >= 4 is 11.7 Å². The van der Waals surface area contributed by atoms with Gasteiger partial charge < -0.3 is 15.2 Å². The smallest absolute Gasteiger partial charge is 0.341 e. The maximum Gasteiger partial charge on any atom is 0.341 e. The van der Waals surface area contributed by atoms with E-state index in [1.807, 2.05) is 6.07 Å². The highest BCUT2D eigenvalue weighted by molar-refractivity contribution is 5.93. The molecule has 0 heterocycles. The van der Waals surface area contributed by atoms with Gasteiger partial charge in [0.15, 0.2) is 0 Å². The Morgan fingerprint density at radius 1 is 1.44 bits per heavy atom. The maximum atomic E-state index is 11.8. The highest BCUT2D eigenvalue weighted by Crippen LogP contribution is 2.21. The van der Waals surface area contributed by atoms with Gasteiger partial charge >= 0.3 is 5.97 Å². The van der Waals surface area contributed by atoms with E-state index < -0.39 is 5.97 Å². The lowest BCUT2D eigenvalue weighted by Gasteiger charge is -2.09. The van der Waals surface area contributed by atoms with E-state index in [-0.39, 0.29) is 0 Å². The third kappa shape index (κ3) is 3.98. The molecule has 0 spiro atoms. The van der Waals surface area contributed by atoms with Crippen molar-refractivity contribution in [1.29, 1.82) is 5.26 Å². The number of nitrogens with zero attached hydrogens (tertiary/aromatic N) is 1. The number of nitrogens with two attached hydrogens (primary N) is 1. The van der Waals surface area contributed by atoms with Gasteiger partial charge in [-0.2, -0.15) is 5.26 Å². The highest BCUT2D eigenvalue weighted by Gasteiger charge is 2.13. The summed E-state index contributed by atoms with van der Waals surface area (Å²) in [6, 6.07) is 6.84. The molecule has 0 radical (unpaired) electrons. The van der Waals surface area contributed by atoms with Gasteiger partial charge in [-0.15, -0.1) is 0 Å². The van der Waals surface area contributed by atoms with Crippen LogP contribution in [-0.2, 0) is 4.74 Å². The average Bonchev–Trinajstić information content (AvgIpc) is 2.38. The summed E-state index contributed by atoms with van der Waals surface area (Å²) in [4.78, 5) is 11.8. The molecule has 0 atom stereocenters. The monoisotopic (exact) mass is 248 g/mol. The average molecular weight is 248 g/mol. The van der Waals surface area contributed by atoms with Crippen molar-refractivity contribution < 1.29 is 14.3 Å². The number of methoxy groups -OCH3 is 1. The van der Waals surface area contributed by atoms with E-state index in [1.165, 1.54) is 13.2 Å². The van der Waals surface area contributed by atoms with Crippen LogP contribution in [0.25, 0.3) is 0 Å². The molecular weight excluding hydrogens is 232 g/mol. The van der Waals surface area contributed by atoms with Crippen molar-refractivity contribution in [2.24, 2.45) is 0 Å². The Balaban J connectivity index is 2.56. The van der Waals surface area contributed by atoms with Crippen molar-refractivity contribution in [3.05, 3.63) is 23.8 Å². The molecule has 0 bridgehead atoms. The Labute approximate surface area is 106 Å². The molecule has 0 amide bonds. The lowest BCUT2D eigenvalue weighted by molar-refractivity contribution is 0.0495. The second kappa shape index (κ2) is 7.17. The SMILES string of the molecule is COc1ccc(N)cc1C(=O)OCCCCC#N. The molecule has 96 valence electrons. The first-order valence-corrected chi connectivity index (χ1v) is 5.66. The second-order valence-electron chi connectivity index (χ2n) is 3.71. The molecule has 0 aliphatic rings. The Morgan fingerprint density at radius 2 is 2.22 bits per heavy atom. The minimum atomic E-state index is -0.462. The molecule has 1 aromatic rings. The minimum absolute atomic E-state index is 0.290. The summed E-state index contributed by atoms with van der Waals surface area (Å²) >= 11 is 0. The first-order valence-electron chi connectivity index (χ1n) is 5.66. The molecule has 1 aromatic carbocycles. The number of carbonyl (C=O) groups excluding carboxylic acids is 1. The van der Waals surface area contributed by atoms with E-state index in [4.69, 9.17) is 20.5 Å². The van der Waals surface area contributed by atoms with Crippen molar-refractivity contribution in [1.82, 2.24) is 0 Å². The molecule has 0 aliphatic carbocycles. The second-order valence-corrected chi connectivity index (χ2v) is 3.71. The molecule has 18 heavy (non-hydrogen) atoms. The lowest BCUT2D eigenvalue weighted by atomic mass is 10.2. The molecule has 0 unspecified atom stereocenters. The summed E-state index contributed by atoms with van der Waals surface area (Å²) in [7, 11) is 1.48. The standard InChI is InChI=1S/C13H16N2O3/c1-17-12-6-5-10(15)9-11(12)13(16)18-8-4-2-3-7-14/h5-6,9H,2-4,8,15H2,1H3. The van der Waals surface area contributed by atoms with E-state index in [0.717, 1.165) is 6.42 Å². The maximum absolute atomic E-state index is 11.8. The summed E-state index contributed by atoms with van der Waals surface area (Å²) in [5.74, 6) is -0.0256. The number of nitrogen functional groups attached to an aromatic ring is 1. The quantitative estimate of drug-likeness (QED) is 0.473. The number of rotatable bonds is 6. The normalized spacial score (nSPS) is 9.56. The van der Waals surface area contributed by atoms with Gasteiger partial charge in [0.05, 0.1) is 19.8 Å². The van der Waals surface area contributed by atoms with E-state index in [2.05, 4.69) is 0 Å². The third-order valence-corrected chi connectivity index (χ3v) is 2.36. The van der Waals surface area contributed by atoms with Gasteiger partial charge in [-0.3, -0.25) is 0 Å². The van der Waals surface area contributed by atoms with Crippen molar-refractivity contribution in [3.8, 4) is 11.8 Å².